The molecule has 104 valence electrons. The molecule has 0 saturated carbocycles. The van der Waals surface area contributed by atoms with Gasteiger partial charge < -0.3 is 15.5 Å². The van der Waals surface area contributed by atoms with E-state index in [0.717, 1.165) is 31.6 Å². The molecule has 1 unspecified atom stereocenters. The zero-order chi connectivity index (χ0) is 13.7. The van der Waals surface area contributed by atoms with Gasteiger partial charge in [0.15, 0.2) is 0 Å². The van der Waals surface area contributed by atoms with Crippen LogP contribution in [-0.2, 0) is 11.3 Å². The van der Waals surface area contributed by atoms with Gasteiger partial charge in [0.2, 0.25) is 11.9 Å². The largest absolute Gasteiger partial charge is 0.353 e. The van der Waals surface area contributed by atoms with Crippen LogP contribution in [0.15, 0.2) is 12.4 Å². The Hall–Kier alpha value is -1.69. The molecule has 2 heterocycles. The molecule has 2 N–H and O–H groups in total. The molecule has 0 bridgehead atoms. The van der Waals surface area contributed by atoms with E-state index in [2.05, 4.69) is 27.5 Å². The Labute approximate surface area is 113 Å². The number of carbonyl (C=O) groups excluding carboxylic acids is 1. The number of aromatic nitrogens is 2. The predicted octanol–water partition coefficient (Wildman–Crippen LogP) is 0.301. The van der Waals surface area contributed by atoms with Crippen molar-refractivity contribution < 1.29 is 4.79 Å². The second-order valence-electron chi connectivity index (χ2n) is 4.73. The highest BCUT2D eigenvalue weighted by molar-refractivity contribution is 5.85. The quantitative estimate of drug-likeness (QED) is 0.748. The smallest absolute Gasteiger partial charge is 0.242 e. The molecule has 6 heteroatoms. The molecule has 0 aromatic carbocycles. The van der Waals surface area contributed by atoms with E-state index in [1.165, 1.54) is 0 Å². The van der Waals surface area contributed by atoms with Crippen molar-refractivity contribution in [3.8, 4) is 0 Å². The van der Waals surface area contributed by atoms with Crippen LogP contribution in [0.25, 0.3) is 0 Å². The molecule has 2 rings (SSSR count). The normalized spacial score (nSPS) is 19.4. The van der Waals surface area contributed by atoms with Crippen LogP contribution in [0, 0.1) is 0 Å². The molecule has 19 heavy (non-hydrogen) atoms. The summed E-state index contributed by atoms with van der Waals surface area (Å²) in [5, 5.41) is 6.14. The van der Waals surface area contributed by atoms with Gasteiger partial charge in [-0.2, -0.15) is 0 Å². The van der Waals surface area contributed by atoms with Crippen LogP contribution in [0.4, 0.5) is 5.95 Å². The number of nitrogens with one attached hydrogen (secondary N) is 2. The van der Waals surface area contributed by atoms with Crippen molar-refractivity contribution in [3.63, 3.8) is 0 Å². The number of hydrogen-bond donors (Lipinski definition) is 2. The maximum atomic E-state index is 11.6. The van der Waals surface area contributed by atoms with E-state index in [-0.39, 0.29) is 11.9 Å². The second-order valence-corrected chi connectivity index (χ2v) is 4.73. The first-order valence-corrected chi connectivity index (χ1v) is 6.78. The fraction of sp³-hybridized carbons (Fsp3) is 0.615. The Morgan fingerprint density at radius 1 is 1.47 bits per heavy atom. The summed E-state index contributed by atoms with van der Waals surface area (Å²) in [6.07, 6.45) is 4.76. The van der Waals surface area contributed by atoms with Gasteiger partial charge in [-0.1, -0.05) is 6.92 Å². The summed E-state index contributed by atoms with van der Waals surface area (Å²) < 4.78 is 0. The van der Waals surface area contributed by atoms with E-state index in [9.17, 15) is 4.79 Å². The van der Waals surface area contributed by atoms with E-state index in [0.29, 0.717) is 12.5 Å². The zero-order valence-electron chi connectivity index (χ0n) is 11.5. The van der Waals surface area contributed by atoms with Crippen molar-refractivity contribution >= 4 is 11.9 Å². The molecule has 6 nitrogen and oxygen atoms in total. The average molecular weight is 263 g/mol. The molecular weight excluding hydrogens is 242 g/mol. The highest BCUT2D eigenvalue weighted by atomic mass is 16.2. The van der Waals surface area contributed by atoms with Gasteiger partial charge in [-0.3, -0.25) is 4.79 Å². The van der Waals surface area contributed by atoms with Crippen LogP contribution in [0.5, 0.6) is 0 Å². The van der Waals surface area contributed by atoms with Crippen LogP contribution in [-0.4, -0.2) is 41.6 Å². The standard InChI is InChI=1S/C13H21N5O/c1-3-4-14-7-11-8-16-13(17-9-11)18-6-5-15-12(19)10(18)2/h8-10,14H,3-7H2,1-2H3,(H,15,19). The Morgan fingerprint density at radius 2 is 2.21 bits per heavy atom. The minimum atomic E-state index is -0.210. The minimum absolute atomic E-state index is 0.0311. The van der Waals surface area contributed by atoms with Gasteiger partial charge in [0.1, 0.15) is 6.04 Å². The molecule has 1 aliphatic rings. The maximum Gasteiger partial charge on any atom is 0.242 e. The fourth-order valence-corrected chi connectivity index (χ4v) is 2.05. The third-order valence-electron chi connectivity index (χ3n) is 3.20. The maximum absolute atomic E-state index is 11.6. The Bertz CT molecular complexity index is 420. The van der Waals surface area contributed by atoms with Gasteiger partial charge in [-0.25, -0.2) is 9.97 Å². The summed E-state index contributed by atoms with van der Waals surface area (Å²) in [5.74, 6) is 0.658. The van der Waals surface area contributed by atoms with Gasteiger partial charge in [-0.05, 0) is 19.9 Å². The molecule has 1 aromatic rings. The Kier molecular flexibility index (Phi) is 4.68. The zero-order valence-corrected chi connectivity index (χ0v) is 11.5. The summed E-state index contributed by atoms with van der Waals surface area (Å²) in [4.78, 5) is 22.3. The first kappa shape index (κ1) is 13.7. The van der Waals surface area contributed by atoms with Crippen molar-refractivity contribution in [2.24, 2.45) is 0 Å². The topological polar surface area (TPSA) is 70.2 Å². The lowest BCUT2D eigenvalue weighted by molar-refractivity contribution is -0.122. The average Bonchev–Trinajstić information content (AvgIpc) is 2.43. The molecule has 0 radical (unpaired) electrons. The summed E-state index contributed by atoms with van der Waals surface area (Å²) in [7, 11) is 0. The van der Waals surface area contributed by atoms with Crippen molar-refractivity contribution in [2.75, 3.05) is 24.5 Å². The number of nitrogens with zero attached hydrogens (tertiary/aromatic N) is 3. The third kappa shape index (κ3) is 3.41. The van der Waals surface area contributed by atoms with E-state index in [1.807, 2.05) is 24.2 Å². The van der Waals surface area contributed by atoms with Gasteiger partial charge in [-0.15, -0.1) is 0 Å². The van der Waals surface area contributed by atoms with Crippen LogP contribution in [0.3, 0.4) is 0 Å². The van der Waals surface area contributed by atoms with E-state index in [4.69, 9.17) is 0 Å². The molecule has 1 amide bonds. The number of rotatable bonds is 5. The lowest BCUT2D eigenvalue weighted by Crippen LogP contribution is -2.54. The molecule has 0 aliphatic carbocycles. The summed E-state index contributed by atoms with van der Waals surface area (Å²) >= 11 is 0. The molecule has 1 fully saturated rings. The Morgan fingerprint density at radius 3 is 2.89 bits per heavy atom. The highest BCUT2D eigenvalue weighted by Crippen LogP contribution is 2.13. The highest BCUT2D eigenvalue weighted by Gasteiger charge is 2.27. The number of piperazine rings is 1. The minimum Gasteiger partial charge on any atom is -0.353 e. The Balaban J connectivity index is 1.99. The summed E-state index contributed by atoms with van der Waals surface area (Å²) in [6, 6.07) is -0.210. The van der Waals surface area contributed by atoms with Crippen molar-refractivity contribution in [1.82, 2.24) is 20.6 Å². The van der Waals surface area contributed by atoms with Crippen molar-refractivity contribution in [2.45, 2.75) is 32.9 Å². The number of anilines is 1. The van der Waals surface area contributed by atoms with Crippen LogP contribution < -0.4 is 15.5 Å². The SMILES string of the molecule is CCCNCc1cnc(N2CCNC(=O)C2C)nc1. The second kappa shape index (κ2) is 6.47. The van der Waals surface area contributed by atoms with Gasteiger partial charge >= 0.3 is 0 Å². The summed E-state index contributed by atoms with van der Waals surface area (Å²) in [5.41, 5.74) is 1.06. The van der Waals surface area contributed by atoms with Gasteiger partial charge in [0.25, 0.3) is 0 Å². The lowest BCUT2D eigenvalue weighted by atomic mass is 10.2. The number of amides is 1. The summed E-state index contributed by atoms with van der Waals surface area (Å²) in [6.45, 7) is 7.17. The van der Waals surface area contributed by atoms with E-state index in [1.54, 1.807) is 0 Å². The van der Waals surface area contributed by atoms with Crippen molar-refractivity contribution in [3.05, 3.63) is 18.0 Å². The predicted molar refractivity (Wildman–Crippen MR) is 73.8 cm³/mol. The monoisotopic (exact) mass is 263 g/mol. The van der Waals surface area contributed by atoms with E-state index < -0.39 is 0 Å². The fourth-order valence-electron chi connectivity index (χ4n) is 2.05. The first-order chi connectivity index (χ1) is 9.22. The molecular formula is C13H21N5O. The molecule has 1 saturated heterocycles. The number of hydrogen-bond acceptors (Lipinski definition) is 5. The first-order valence-electron chi connectivity index (χ1n) is 6.78. The van der Waals surface area contributed by atoms with E-state index >= 15 is 0 Å². The van der Waals surface area contributed by atoms with Gasteiger partial charge in [0.05, 0.1) is 0 Å². The molecule has 1 aliphatic heterocycles. The number of carbonyl (C=O) groups is 1. The molecule has 1 aromatic heterocycles. The molecule has 0 spiro atoms. The van der Waals surface area contributed by atoms with Gasteiger partial charge in [0, 0.05) is 37.6 Å². The molecule has 1 atom stereocenters. The van der Waals surface area contributed by atoms with Crippen LogP contribution in [0.2, 0.25) is 0 Å². The van der Waals surface area contributed by atoms with Crippen LogP contribution >= 0.6 is 0 Å². The lowest BCUT2D eigenvalue weighted by Gasteiger charge is -2.32. The van der Waals surface area contributed by atoms with Crippen LogP contribution in [0.1, 0.15) is 25.8 Å². The third-order valence-corrected chi connectivity index (χ3v) is 3.20. The van der Waals surface area contributed by atoms with Crippen molar-refractivity contribution in [1.29, 1.82) is 0 Å².